The van der Waals surface area contributed by atoms with Crippen molar-refractivity contribution < 1.29 is 0 Å². The number of nitrogens with zero attached hydrogens (tertiary/aromatic N) is 2. The van der Waals surface area contributed by atoms with Crippen LogP contribution in [0.5, 0.6) is 0 Å². The Kier molecular flexibility index (Phi) is 2.37. The number of rotatable bonds is 0. The van der Waals surface area contributed by atoms with E-state index in [1.54, 1.807) is 0 Å². The zero-order chi connectivity index (χ0) is 16.7. The zero-order valence-corrected chi connectivity index (χ0v) is 14.3. The van der Waals surface area contributed by atoms with Crippen LogP contribution in [0.3, 0.4) is 0 Å². The van der Waals surface area contributed by atoms with Gasteiger partial charge in [0.05, 0.1) is 22.1 Å². The Morgan fingerprint density at radius 2 is 1.72 bits per heavy atom. The zero-order valence-electron chi connectivity index (χ0n) is 13.5. The lowest BCUT2D eigenvalue weighted by molar-refractivity contribution is 1.33. The lowest BCUT2D eigenvalue weighted by Gasteiger charge is -2.13. The average Bonchev–Trinajstić information content (AvgIpc) is 2.94. The quantitative estimate of drug-likeness (QED) is 0.233. The summed E-state index contributed by atoms with van der Waals surface area (Å²) in [5, 5.41) is 6.80. The van der Waals surface area contributed by atoms with Crippen molar-refractivity contribution in [1.29, 1.82) is 0 Å². The first kappa shape index (κ1) is 13.5. The highest BCUT2D eigenvalue weighted by atomic mass is 35.5. The fourth-order valence-corrected chi connectivity index (χ4v) is 4.53. The minimum absolute atomic E-state index is 0.751. The maximum absolute atomic E-state index is 6.45. The Bertz CT molecular complexity index is 1460. The highest BCUT2D eigenvalue weighted by Gasteiger charge is 2.18. The van der Waals surface area contributed by atoms with Gasteiger partial charge in [-0.2, -0.15) is 0 Å². The number of halogens is 1. The van der Waals surface area contributed by atoms with Crippen LogP contribution < -0.4 is 0 Å². The number of aromatic nitrogens is 2. The molecule has 0 spiro atoms. The smallest absolute Gasteiger partial charge is 0.0822 e. The van der Waals surface area contributed by atoms with Gasteiger partial charge in [0.1, 0.15) is 0 Å². The van der Waals surface area contributed by atoms with Gasteiger partial charge in [-0.1, -0.05) is 29.8 Å². The minimum Gasteiger partial charge on any atom is -0.308 e. The molecule has 0 saturated heterocycles. The standard InChI is InChI=1S/C22H13ClN2/c1-12-8-16-15-4-2-3-5-18(15)25-19-11-14(23)10-13-6-7-24-21(20(13)19)17(9-12)22(16)25/h2-11H,1H3. The van der Waals surface area contributed by atoms with Crippen LogP contribution in [0.4, 0.5) is 0 Å². The van der Waals surface area contributed by atoms with Gasteiger partial charge < -0.3 is 4.40 Å². The Balaban J connectivity index is 2.14. The van der Waals surface area contributed by atoms with E-state index in [9.17, 15) is 0 Å². The molecular weight excluding hydrogens is 328 g/mol. The molecule has 0 fully saturated rings. The molecule has 0 aliphatic carbocycles. The SMILES string of the molecule is Cc1cc2c3ccccc3n3c4cc(Cl)cc5ccnc(c(c1)c23)c54. The van der Waals surface area contributed by atoms with E-state index in [1.165, 1.54) is 38.1 Å². The molecule has 3 heterocycles. The molecule has 0 saturated carbocycles. The number of hydrogen-bond donors (Lipinski definition) is 0. The van der Waals surface area contributed by atoms with E-state index in [4.69, 9.17) is 16.6 Å². The van der Waals surface area contributed by atoms with Crippen LogP contribution in [0, 0.1) is 6.92 Å². The molecule has 0 aliphatic heterocycles. The van der Waals surface area contributed by atoms with E-state index < -0.39 is 0 Å². The number of fused-ring (bicyclic) bond motifs is 5. The third-order valence-corrected chi connectivity index (χ3v) is 5.43. The maximum Gasteiger partial charge on any atom is 0.0822 e. The molecule has 118 valence electrons. The summed E-state index contributed by atoms with van der Waals surface area (Å²) in [6, 6.07) is 19.2. The molecule has 3 aromatic heterocycles. The number of para-hydroxylation sites is 1. The Morgan fingerprint density at radius 1 is 0.880 bits per heavy atom. The highest BCUT2D eigenvalue weighted by molar-refractivity contribution is 6.34. The minimum atomic E-state index is 0.751. The molecule has 0 N–H and O–H groups in total. The van der Waals surface area contributed by atoms with Gasteiger partial charge in [-0.05, 0) is 54.3 Å². The molecule has 3 heteroatoms. The van der Waals surface area contributed by atoms with Crippen molar-refractivity contribution in [2.75, 3.05) is 0 Å². The molecular formula is C22H13ClN2. The summed E-state index contributed by atoms with van der Waals surface area (Å²) in [5.74, 6) is 0. The third kappa shape index (κ3) is 1.58. The lowest BCUT2D eigenvalue weighted by atomic mass is 10.0. The van der Waals surface area contributed by atoms with Crippen molar-refractivity contribution in [3.63, 3.8) is 0 Å². The van der Waals surface area contributed by atoms with Gasteiger partial charge in [-0.25, -0.2) is 0 Å². The van der Waals surface area contributed by atoms with Crippen molar-refractivity contribution in [2.45, 2.75) is 6.92 Å². The molecule has 0 amide bonds. The highest BCUT2D eigenvalue weighted by Crippen LogP contribution is 2.40. The third-order valence-electron chi connectivity index (χ3n) is 5.22. The summed E-state index contributed by atoms with van der Waals surface area (Å²) in [7, 11) is 0. The van der Waals surface area contributed by atoms with Crippen LogP contribution in [0.1, 0.15) is 5.56 Å². The summed E-state index contributed by atoms with van der Waals surface area (Å²) in [6.07, 6.45) is 1.88. The second-order valence-corrected chi connectivity index (χ2v) is 7.18. The summed E-state index contributed by atoms with van der Waals surface area (Å²) < 4.78 is 2.35. The Hall–Kier alpha value is -2.84. The second kappa shape index (κ2) is 4.41. The predicted octanol–water partition coefficient (Wildman–Crippen LogP) is 6.35. The van der Waals surface area contributed by atoms with E-state index in [0.29, 0.717) is 0 Å². The van der Waals surface area contributed by atoms with Crippen molar-refractivity contribution in [1.82, 2.24) is 9.38 Å². The lowest BCUT2D eigenvalue weighted by Crippen LogP contribution is -1.94. The first-order chi connectivity index (χ1) is 12.2. The number of aryl methyl sites for hydroxylation is 1. The Morgan fingerprint density at radius 3 is 2.64 bits per heavy atom. The van der Waals surface area contributed by atoms with Gasteiger partial charge in [-0.15, -0.1) is 0 Å². The molecule has 0 bridgehead atoms. The molecule has 6 rings (SSSR count). The largest absolute Gasteiger partial charge is 0.308 e. The van der Waals surface area contributed by atoms with Crippen LogP contribution in [-0.4, -0.2) is 9.38 Å². The summed E-state index contributed by atoms with van der Waals surface area (Å²) >= 11 is 6.45. The van der Waals surface area contributed by atoms with Gasteiger partial charge in [-0.3, -0.25) is 4.98 Å². The van der Waals surface area contributed by atoms with Gasteiger partial charge in [0, 0.05) is 32.8 Å². The predicted molar refractivity (Wildman–Crippen MR) is 106 cm³/mol. The molecule has 0 aliphatic rings. The van der Waals surface area contributed by atoms with Gasteiger partial charge in [0.2, 0.25) is 0 Å². The van der Waals surface area contributed by atoms with Gasteiger partial charge in [0.25, 0.3) is 0 Å². The number of benzene rings is 3. The molecule has 6 aromatic rings. The van der Waals surface area contributed by atoms with Crippen LogP contribution >= 0.6 is 11.6 Å². The molecule has 0 atom stereocenters. The number of pyridine rings is 2. The summed E-state index contributed by atoms with van der Waals surface area (Å²) in [4.78, 5) is 4.75. The Labute approximate surface area is 148 Å². The molecule has 2 nitrogen and oxygen atoms in total. The maximum atomic E-state index is 6.45. The van der Waals surface area contributed by atoms with Crippen molar-refractivity contribution in [2.24, 2.45) is 0 Å². The van der Waals surface area contributed by atoms with E-state index in [0.717, 1.165) is 21.4 Å². The second-order valence-electron chi connectivity index (χ2n) is 6.74. The summed E-state index contributed by atoms with van der Waals surface area (Å²) in [5.41, 5.74) is 5.85. The average molecular weight is 341 g/mol. The molecule has 0 unspecified atom stereocenters. The first-order valence-electron chi connectivity index (χ1n) is 8.35. The molecule has 0 radical (unpaired) electrons. The van der Waals surface area contributed by atoms with E-state index in [1.807, 2.05) is 18.3 Å². The number of hydrogen-bond acceptors (Lipinski definition) is 1. The van der Waals surface area contributed by atoms with E-state index >= 15 is 0 Å². The molecule has 3 aromatic carbocycles. The monoisotopic (exact) mass is 340 g/mol. The van der Waals surface area contributed by atoms with Gasteiger partial charge in [0.15, 0.2) is 0 Å². The topological polar surface area (TPSA) is 17.3 Å². The van der Waals surface area contributed by atoms with E-state index in [-0.39, 0.29) is 0 Å². The van der Waals surface area contributed by atoms with Crippen molar-refractivity contribution in [3.05, 3.63) is 71.4 Å². The van der Waals surface area contributed by atoms with Gasteiger partial charge >= 0.3 is 0 Å². The van der Waals surface area contributed by atoms with Crippen LogP contribution in [-0.2, 0) is 0 Å². The summed E-state index contributed by atoms with van der Waals surface area (Å²) in [6.45, 7) is 2.15. The fourth-order valence-electron chi connectivity index (χ4n) is 4.31. The van der Waals surface area contributed by atoms with Crippen LogP contribution in [0.15, 0.2) is 60.8 Å². The van der Waals surface area contributed by atoms with E-state index in [2.05, 4.69) is 53.8 Å². The van der Waals surface area contributed by atoms with Crippen molar-refractivity contribution in [3.8, 4) is 0 Å². The van der Waals surface area contributed by atoms with Crippen LogP contribution in [0.25, 0.3) is 49.0 Å². The van der Waals surface area contributed by atoms with Crippen LogP contribution in [0.2, 0.25) is 5.02 Å². The fraction of sp³-hybridized carbons (Fsp3) is 0.0455. The normalized spacial score (nSPS) is 12.4. The molecule has 25 heavy (non-hydrogen) atoms. The first-order valence-corrected chi connectivity index (χ1v) is 8.73. The van der Waals surface area contributed by atoms with Crippen molar-refractivity contribution >= 4 is 60.6 Å².